The van der Waals surface area contributed by atoms with Gasteiger partial charge in [0.25, 0.3) is 0 Å². The van der Waals surface area contributed by atoms with E-state index in [0.29, 0.717) is 30.2 Å². The molecule has 1 heterocycles. The van der Waals surface area contributed by atoms with Crippen LogP contribution in [0.2, 0.25) is 0 Å². The molecule has 1 aliphatic rings. The van der Waals surface area contributed by atoms with Crippen LogP contribution < -0.4 is 10.6 Å². The standard InChI is InChI=1S/C17H25BrFN3O2.HI/c1-3-20-17(21-9-13-4-5-15(18)16(19)8-13)22-12(2)10-24-14-6-7-23-11-14;/h4-5,8,12,14H,3,6-7,9-11H2,1-2H3,(H2,20,21,22);1H. The predicted octanol–water partition coefficient (Wildman–Crippen LogP) is 3.46. The molecule has 0 aliphatic carbocycles. The van der Waals surface area contributed by atoms with Crippen LogP contribution >= 0.6 is 39.9 Å². The van der Waals surface area contributed by atoms with Crippen LogP contribution in [0, 0.1) is 5.82 Å². The summed E-state index contributed by atoms with van der Waals surface area (Å²) in [5.41, 5.74) is 0.819. The van der Waals surface area contributed by atoms with Gasteiger partial charge in [-0.1, -0.05) is 6.07 Å². The maximum atomic E-state index is 13.6. The number of guanidine groups is 1. The minimum atomic E-state index is -0.277. The minimum absolute atomic E-state index is 0. The normalized spacial score (nSPS) is 18.6. The van der Waals surface area contributed by atoms with Gasteiger partial charge in [0.15, 0.2) is 5.96 Å². The average Bonchev–Trinajstić information content (AvgIpc) is 3.07. The predicted molar refractivity (Wildman–Crippen MR) is 112 cm³/mol. The molecule has 0 radical (unpaired) electrons. The second-order valence-corrected chi connectivity index (χ2v) is 6.66. The molecule has 1 aliphatic heterocycles. The van der Waals surface area contributed by atoms with Crippen molar-refractivity contribution in [3.05, 3.63) is 34.1 Å². The third-order valence-corrected chi connectivity index (χ3v) is 4.24. The number of benzene rings is 1. The van der Waals surface area contributed by atoms with Crippen molar-refractivity contribution < 1.29 is 13.9 Å². The quantitative estimate of drug-likeness (QED) is 0.323. The molecule has 1 saturated heterocycles. The molecule has 25 heavy (non-hydrogen) atoms. The maximum absolute atomic E-state index is 13.6. The van der Waals surface area contributed by atoms with Gasteiger partial charge in [0, 0.05) is 19.2 Å². The summed E-state index contributed by atoms with van der Waals surface area (Å²) in [7, 11) is 0. The van der Waals surface area contributed by atoms with Gasteiger partial charge < -0.3 is 20.1 Å². The van der Waals surface area contributed by atoms with E-state index in [2.05, 4.69) is 31.6 Å². The Bertz CT molecular complexity index is 557. The van der Waals surface area contributed by atoms with E-state index in [4.69, 9.17) is 9.47 Å². The van der Waals surface area contributed by atoms with Gasteiger partial charge in [-0.25, -0.2) is 9.38 Å². The number of rotatable bonds is 7. The Hall–Kier alpha value is -0.450. The highest BCUT2D eigenvalue weighted by atomic mass is 127. The highest BCUT2D eigenvalue weighted by Gasteiger charge is 2.17. The summed E-state index contributed by atoms with van der Waals surface area (Å²) in [6.07, 6.45) is 1.15. The van der Waals surface area contributed by atoms with Crippen LogP contribution in [0.1, 0.15) is 25.8 Å². The number of nitrogens with zero attached hydrogens (tertiary/aromatic N) is 1. The van der Waals surface area contributed by atoms with E-state index in [0.717, 1.165) is 25.1 Å². The van der Waals surface area contributed by atoms with Gasteiger partial charge in [0.05, 0.1) is 30.3 Å². The van der Waals surface area contributed by atoms with Crippen molar-refractivity contribution in [3.8, 4) is 0 Å². The number of nitrogens with one attached hydrogen (secondary N) is 2. The molecule has 2 N–H and O–H groups in total. The van der Waals surface area contributed by atoms with E-state index < -0.39 is 0 Å². The fraction of sp³-hybridized carbons (Fsp3) is 0.588. The summed E-state index contributed by atoms with van der Waals surface area (Å²) in [6.45, 7) is 7.26. The Labute approximate surface area is 174 Å². The first kappa shape index (κ1) is 22.6. The first-order valence-corrected chi connectivity index (χ1v) is 9.06. The van der Waals surface area contributed by atoms with Crippen LogP contribution in [0.15, 0.2) is 27.7 Å². The zero-order valence-electron chi connectivity index (χ0n) is 14.6. The van der Waals surface area contributed by atoms with Gasteiger partial charge in [-0.3, -0.25) is 0 Å². The second kappa shape index (κ2) is 12.0. The van der Waals surface area contributed by atoms with Crippen LogP contribution in [0.3, 0.4) is 0 Å². The first-order valence-electron chi connectivity index (χ1n) is 8.26. The molecule has 1 aromatic rings. The zero-order valence-corrected chi connectivity index (χ0v) is 18.5. The third kappa shape index (κ3) is 8.19. The Kier molecular flexibility index (Phi) is 10.9. The van der Waals surface area contributed by atoms with E-state index in [1.165, 1.54) is 6.07 Å². The van der Waals surface area contributed by atoms with Crippen LogP contribution in [0.5, 0.6) is 0 Å². The average molecular weight is 530 g/mol. The van der Waals surface area contributed by atoms with Crippen molar-refractivity contribution >= 4 is 45.9 Å². The highest BCUT2D eigenvalue weighted by Crippen LogP contribution is 2.16. The lowest BCUT2D eigenvalue weighted by Gasteiger charge is -2.19. The minimum Gasteiger partial charge on any atom is -0.379 e. The Balaban J connectivity index is 0.00000312. The molecule has 2 rings (SSSR count). The molecule has 142 valence electrons. The fourth-order valence-electron chi connectivity index (χ4n) is 2.33. The van der Waals surface area contributed by atoms with Gasteiger partial charge in [0.1, 0.15) is 5.82 Å². The van der Waals surface area contributed by atoms with E-state index >= 15 is 0 Å². The SMILES string of the molecule is CCNC(=NCc1ccc(Br)c(F)c1)NC(C)COC1CCOC1.I. The Morgan fingerprint density at radius 3 is 2.96 bits per heavy atom. The number of hydrogen-bond acceptors (Lipinski definition) is 3. The van der Waals surface area contributed by atoms with Crippen molar-refractivity contribution in [3.63, 3.8) is 0 Å². The Morgan fingerprint density at radius 2 is 2.32 bits per heavy atom. The Morgan fingerprint density at radius 1 is 1.52 bits per heavy atom. The lowest BCUT2D eigenvalue weighted by Crippen LogP contribution is -2.44. The smallest absolute Gasteiger partial charge is 0.191 e. The molecule has 0 amide bonds. The maximum Gasteiger partial charge on any atom is 0.191 e. The summed E-state index contributed by atoms with van der Waals surface area (Å²) in [5.74, 6) is 0.417. The summed E-state index contributed by atoms with van der Waals surface area (Å²) < 4.78 is 25.1. The number of hydrogen-bond donors (Lipinski definition) is 2. The molecule has 5 nitrogen and oxygen atoms in total. The van der Waals surface area contributed by atoms with E-state index in [-0.39, 0.29) is 41.9 Å². The third-order valence-electron chi connectivity index (χ3n) is 3.60. The molecular formula is C17H26BrFIN3O2. The van der Waals surface area contributed by atoms with Crippen molar-refractivity contribution in [2.24, 2.45) is 4.99 Å². The van der Waals surface area contributed by atoms with Gasteiger partial charge in [-0.15, -0.1) is 24.0 Å². The first-order chi connectivity index (χ1) is 11.6. The van der Waals surface area contributed by atoms with Crippen LogP contribution in [0.4, 0.5) is 4.39 Å². The molecule has 0 spiro atoms. The molecule has 0 bridgehead atoms. The molecule has 0 aromatic heterocycles. The summed E-state index contributed by atoms with van der Waals surface area (Å²) in [6, 6.07) is 5.15. The van der Waals surface area contributed by atoms with Gasteiger partial charge in [0.2, 0.25) is 0 Å². The van der Waals surface area contributed by atoms with Gasteiger partial charge in [-0.2, -0.15) is 0 Å². The largest absolute Gasteiger partial charge is 0.379 e. The van der Waals surface area contributed by atoms with E-state index in [1.54, 1.807) is 6.07 Å². The fourth-order valence-corrected chi connectivity index (χ4v) is 2.57. The van der Waals surface area contributed by atoms with Crippen LogP contribution in [-0.4, -0.2) is 44.5 Å². The zero-order chi connectivity index (χ0) is 17.4. The topological polar surface area (TPSA) is 54.9 Å². The molecule has 8 heteroatoms. The summed E-state index contributed by atoms with van der Waals surface area (Å²) in [4.78, 5) is 4.51. The van der Waals surface area contributed by atoms with Crippen molar-refractivity contribution in [2.45, 2.75) is 39.0 Å². The monoisotopic (exact) mass is 529 g/mol. The lowest BCUT2D eigenvalue weighted by atomic mass is 10.2. The summed E-state index contributed by atoms with van der Waals surface area (Å²) in [5, 5.41) is 6.50. The molecule has 2 atom stereocenters. The second-order valence-electron chi connectivity index (χ2n) is 5.81. The van der Waals surface area contributed by atoms with E-state index in [9.17, 15) is 4.39 Å². The van der Waals surface area contributed by atoms with Crippen LogP contribution in [0.25, 0.3) is 0 Å². The van der Waals surface area contributed by atoms with Crippen LogP contribution in [-0.2, 0) is 16.0 Å². The lowest BCUT2D eigenvalue weighted by molar-refractivity contribution is 0.0347. The van der Waals surface area contributed by atoms with Crippen molar-refractivity contribution in [1.29, 1.82) is 0 Å². The number of aliphatic imine (C=N–C) groups is 1. The number of ether oxygens (including phenoxy) is 2. The molecular weight excluding hydrogens is 504 g/mol. The number of halogens is 3. The summed E-state index contributed by atoms with van der Waals surface area (Å²) >= 11 is 3.15. The van der Waals surface area contributed by atoms with Gasteiger partial charge >= 0.3 is 0 Å². The molecule has 2 unspecified atom stereocenters. The molecule has 1 aromatic carbocycles. The van der Waals surface area contributed by atoms with Crippen molar-refractivity contribution in [1.82, 2.24) is 10.6 Å². The molecule has 1 fully saturated rings. The molecule has 0 saturated carbocycles. The van der Waals surface area contributed by atoms with E-state index in [1.807, 2.05) is 19.9 Å². The highest BCUT2D eigenvalue weighted by molar-refractivity contribution is 14.0. The van der Waals surface area contributed by atoms with Crippen molar-refractivity contribution in [2.75, 3.05) is 26.4 Å². The van der Waals surface area contributed by atoms with Gasteiger partial charge in [-0.05, 0) is 53.9 Å².